The van der Waals surface area contributed by atoms with E-state index in [0.717, 1.165) is 0 Å². The molecule has 0 saturated carbocycles. The molecule has 0 heterocycles. The van der Waals surface area contributed by atoms with Crippen LogP contribution in [0.2, 0.25) is 0 Å². The Kier molecular flexibility index (Phi) is 7.84. The van der Waals surface area contributed by atoms with Crippen LogP contribution in [0.3, 0.4) is 0 Å². The zero-order valence-electron chi connectivity index (χ0n) is 14.5. The maximum absolute atomic E-state index is 12.0. The highest BCUT2D eigenvalue weighted by Crippen LogP contribution is 2.34. The van der Waals surface area contributed by atoms with Crippen molar-refractivity contribution >= 4 is 11.8 Å². The van der Waals surface area contributed by atoms with Gasteiger partial charge in [0, 0.05) is 56.6 Å². The van der Waals surface area contributed by atoms with Gasteiger partial charge in [0.2, 0.25) is 5.54 Å². The third-order valence-corrected chi connectivity index (χ3v) is 4.18. The number of Topliss-reactive ketones (excluding diaryl/α,β-unsaturated/α-hetero) is 1. The van der Waals surface area contributed by atoms with Gasteiger partial charge in [-0.25, -0.2) is 0 Å². The Morgan fingerprint density at radius 3 is 2.58 bits per heavy atom. The van der Waals surface area contributed by atoms with Gasteiger partial charge >= 0.3 is 5.97 Å². The maximum Gasteiger partial charge on any atom is 0.305 e. The first-order valence-corrected chi connectivity index (χ1v) is 7.92. The number of nitro groups is 1. The van der Waals surface area contributed by atoms with Gasteiger partial charge in [-0.2, -0.15) is 0 Å². The Balaban J connectivity index is 2.73. The smallest absolute Gasteiger partial charge is 0.305 e. The molecule has 1 unspecified atom stereocenters. The van der Waals surface area contributed by atoms with Crippen LogP contribution in [0.15, 0.2) is 11.3 Å². The van der Waals surface area contributed by atoms with Crippen LogP contribution in [-0.4, -0.2) is 43.2 Å². The number of carbonyl (C=O) groups is 2. The van der Waals surface area contributed by atoms with Crippen molar-refractivity contribution in [3.05, 3.63) is 21.4 Å². The van der Waals surface area contributed by atoms with Crippen molar-refractivity contribution in [1.82, 2.24) is 0 Å². The largest absolute Gasteiger partial charge is 0.471 e. The van der Waals surface area contributed by atoms with Crippen LogP contribution < -0.4 is 0 Å². The van der Waals surface area contributed by atoms with Crippen LogP contribution in [0.5, 0.6) is 0 Å². The molecular formula is C16H25NO7. The van der Waals surface area contributed by atoms with Gasteiger partial charge in [-0.15, -0.1) is 0 Å². The summed E-state index contributed by atoms with van der Waals surface area (Å²) in [5, 5.41) is 11.5. The molecule has 0 aliphatic heterocycles. The SMILES string of the molecule is COCOC1=C(CC(C)(CCCCC(=O)OC)[N+](=O)[O-])C(=O)CC1. The fourth-order valence-corrected chi connectivity index (χ4v) is 2.67. The van der Waals surface area contributed by atoms with Crippen LogP contribution in [0.25, 0.3) is 0 Å². The van der Waals surface area contributed by atoms with Crippen LogP contribution in [0.4, 0.5) is 0 Å². The molecule has 1 rings (SSSR count). The normalized spacial score (nSPS) is 16.9. The second-order valence-corrected chi connectivity index (χ2v) is 6.09. The van der Waals surface area contributed by atoms with Crippen molar-refractivity contribution in [1.29, 1.82) is 0 Å². The lowest BCUT2D eigenvalue weighted by Gasteiger charge is -2.21. The van der Waals surface area contributed by atoms with Crippen LogP contribution in [0, 0.1) is 10.1 Å². The van der Waals surface area contributed by atoms with E-state index in [4.69, 9.17) is 9.47 Å². The summed E-state index contributed by atoms with van der Waals surface area (Å²) < 4.78 is 14.8. The number of hydrogen-bond donors (Lipinski definition) is 0. The number of methoxy groups -OCH3 is 2. The first-order valence-electron chi connectivity index (χ1n) is 7.92. The van der Waals surface area contributed by atoms with E-state index in [1.807, 2.05) is 0 Å². The van der Waals surface area contributed by atoms with E-state index in [0.29, 0.717) is 37.0 Å². The molecule has 0 aromatic heterocycles. The predicted molar refractivity (Wildman–Crippen MR) is 84.7 cm³/mol. The summed E-state index contributed by atoms with van der Waals surface area (Å²) in [6, 6.07) is 0. The van der Waals surface area contributed by atoms with Gasteiger partial charge in [-0.3, -0.25) is 19.7 Å². The molecule has 8 heteroatoms. The quantitative estimate of drug-likeness (QED) is 0.186. The second kappa shape index (κ2) is 9.36. The van der Waals surface area contributed by atoms with Crippen LogP contribution in [-0.2, 0) is 23.8 Å². The molecule has 0 aromatic carbocycles. The number of rotatable bonds is 11. The minimum absolute atomic E-state index is 0.0143. The molecular weight excluding hydrogens is 318 g/mol. The molecule has 136 valence electrons. The summed E-state index contributed by atoms with van der Waals surface area (Å²) >= 11 is 0. The van der Waals surface area contributed by atoms with Crippen molar-refractivity contribution in [3.63, 3.8) is 0 Å². The van der Waals surface area contributed by atoms with E-state index < -0.39 is 5.54 Å². The molecule has 0 saturated heterocycles. The van der Waals surface area contributed by atoms with E-state index in [2.05, 4.69) is 4.74 Å². The number of ether oxygens (including phenoxy) is 3. The lowest BCUT2D eigenvalue weighted by atomic mass is 9.87. The lowest BCUT2D eigenvalue weighted by Crippen LogP contribution is -2.36. The van der Waals surface area contributed by atoms with E-state index in [-0.39, 0.29) is 42.7 Å². The highest BCUT2D eigenvalue weighted by Gasteiger charge is 2.41. The number of carbonyl (C=O) groups excluding carboxylic acids is 2. The monoisotopic (exact) mass is 343 g/mol. The first-order chi connectivity index (χ1) is 11.3. The summed E-state index contributed by atoms with van der Waals surface area (Å²) in [6.45, 7) is 1.54. The number of esters is 1. The molecule has 8 nitrogen and oxygen atoms in total. The second-order valence-electron chi connectivity index (χ2n) is 6.09. The zero-order chi connectivity index (χ0) is 18.2. The third-order valence-electron chi connectivity index (χ3n) is 4.18. The number of hydrogen-bond acceptors (Lipinski definition) is 7. The Bertz CT molecular complexity index is 515. The first kappa shape index (κ1) is 20.1. The number of ketones is 1. The number of unbranched alkanes of at least 4 members (excludes halogenated alkanes) is 1. The Morgan fingerprint density at radius 2 is 2.00 bits per heavy atom. The van der Waals surface area contributed by atoms with Gasteiger partial charge in [0.1, 0.15) is 5.76 Å². The van der Waals surface area contributed by atoms with Gasteiger partial charge < -0.3 is 14.2 Å². The topological polar surface area (TPSA) is 105 Å². The van der Waals surface area contributed by atoms with Crippen LogP contribution in [0.1, 0.15) is 51.9 Å². The Hall–Kier alpha value is -1.96. The molecule has 0 spiro atoms. The van der Waals surface area contributed by atoms with Crippen LogP contribution >= 0.6 is 0 Å². The Labute approximate surface area is 141 Å². The Morgan fingerprint density at radius 1 is 1.29 bits per heavy atom. The molecule has 1 atom stereocenters. The van der Waals surface area contributed by atoms with E-state index >= 15 is 0 Å². The average molecular weight is 343 g/mol. The highest BCUT2D eigenvalue weighted by molar-refractivity contribution is 5.98. The minimum Gasteiger partial charge on any atom is -0.471 e. The summed E-state index contributed by atoms with van der Waals surface area (Å²) in [5.41, 5.74) is -0.883. The van der Waals surface area contributed by atoms with Gasteiger partial charge in [-0.05, 0) is 12.8 Å². The van der Waals surface area contributed by atoms with Gasteiger partial charge in [0.05, 0.1) is 7.11 Å². The van der Waals surface area contributed by atoms with Gasteiger partial charge in [-0.1, -0.05) is 0 Å². The van der Waals surface area contributed by atoms with Crippen molar-refractivity contribution in [2.24, 2.45) is 0 Å². The summed E-state index contributed by atoms with van der Waals surface area (Å²) in [7, 11) is 2.78. The van der Waals surface area contributed by atoms with E-state index in [9.17, 15) is 19.7 Å². The van der Waals surface area contributed by atoms with Crippen molar-refractivity contribution < 1.29 is 28.7 Å². The highest BCUT2D eigenvalue weighted by atomic mass is 16.7. The fourth-order valence-electron chi connectivity index (χ4n) is 2.67. The third kappa shape index (κ3) is 5.59. The molecule has 24 heavy (non-hydrogen) atoms. The molecule has 1 aliphatic rings. The summed E-state index contributed by atoms with van der Waals surface area (Å²) in [4.78, 5) is 34.3. The fraction of sp³-hybridized carbons (Fsp3) is 0.750. The van der Waals surface area contributed by atoms with Gasteiger partial charge in [0.15, 0.2) is 12.6 Å². The molecule has 0 amide bonds. The van der Waals surface area contributed by atoms with Crippen molar-refractivity contribution in [3.8, 4) is 0 Å². The molecule has 0 fully saturated rings. The average Bonchev–Trinajstić information content (AvgIpc) is 2.89. The molecule has 0 radical (unpaired) electrons. The van der Waals surface area contributed by atoms with Crippen molar-refractivity contribution in [2.75, 3.05) is 21.0 Å². The molecule has 0 aromatic rings. The number of nitrogens with zero attached hydrogens (tertiary/aromatic N) is 1. The lowest BCUT2D eigenvalue weighted by molar-refractivity contribution is -0.566. The van der Waals surface area contributed by atoms with E-state index in [1.54, 1.807) is 0 Å². The van der Waals surface area contributed by atoms with E-state index in [1.165, 1.54) is 21.1 Å². The zero-order valence-corrected chi connectivity index (χ0v) is 14.5. The maximum atomic E-state index is 12.0. The predicted octanol–water partition coefficient (Wildman–Crippen LogP) is 2.38. The van der Waals surface area contributed by atoms with Crippen molar-refractivity contribution in [2.45, 2.75) is 57.4 Å². The molecule has 1 aliphatic carbocycles. The summed E-state index contributed by atoms with van der Waals surface area (Å²) in [5.74, 6) is 0.0509. The summed E-state index contributed by atoms with van der Waals surface area (Å²) in [6.07, 6.45) is 2.30. The van der Waals surface area contributed by atoms with Gasteiger partial charge in [0.25, 0.3) is 0 Å². The molecule has 0 N–H and O–H groups in total. The molecule has 0 bridgehead atoms. The minimum atomic E-state index is -1.27. The number of allylic oxidation sites excluding steroid dienone is 1. The standard InChI is InChI=1S/C16H25NO7/c1-16(17(20)21,9-5-4-6-15(19)23-3)10-12-13(18)7-8-14(12)24-11-22-2/h4-11H2,1-3H3.